The highest BCUT2D eigenvalue weighted by Crippen LogP contribution is 2.29. The standard InChI is InChI=1S/C26H36N4O3/c1-3-4-5-6-11-16-30(26(27)32)22-13-8-7-12-21(22)25(31)29-19-17-28(18-20-29)23-14-9-10-15-24(23)33-2/h7-10,12-15H,3-6,11,16-20H2,1-2H3,(H2,27,32). The normalized spacial score (nSPS) is 13.6. The molecule has 2 aromatic carbocycles. The maximum atomic E-state index is 13.4. The summed E-state index contributed by atoms with van der Waals surface area (Å²) in [6.07, 6.45) is 5.40. The Kier molecular flexibility index (Phi) is 8.98. The number of methoxy groups -OCH3 is 1. The van der Waals surface area contributed by atoms with Gasteiger partial charge >= 0.3 is 6.03 Å². The summed E-state index contributed by atoms with van der Waals surface area (Å²) in [5, 5.41) is 0. The molecule has 0 bridgehead atoms. The largest absolute Gasteiger partial charge is 0.495 e. The van der Waals surface area contributed by atoms with Crippen molar-refractivity contribution in [2.24, 2.45) is 5.73 Å². The summed E-state index contributed by atoms with van der Waals surface area (Å²) < 4.78 is 5.49. The minimum atomic E-state index is -0.522. The summed E-state index contributed by atoms with van der Waals surface area (Å²) >= 11 is 0. The van der Waals surface area contributed by atoms with Crippen LogP contribution < -0.4 is 20.3 Å². The van der Waals surface area contributed by atoms with Crippen LogP contribution in [0.4, 0.5) is 16.2 Å². The molecular formula is C26H36N4O3. The molecule has 1 aliphatic heterocycles. The molecule has 7 nitrogen and oxygen atoms in total. The maximum absolute atomic E-state index is 13.4. The lowest BCUT2D eigenvalue weighted by molar-refractivity contribution is 0.0747. The number of benzene rings is 2. The predicted molar refractivity (Wildman–Crippen MR) is 133 cm³/mol. The number of piperazine rings is 1. The van der Waals surface area contributed by atoms with E-state index in [-0.39, 0.29) is 5.91 Å². The van der Waals surface area contributed by atoms with E-state index < -0.39 is 6.03 Å². The van der Waals surface area contributed by atoms with E-state index in [9.17, 15) is 9.59 Å². The quantitative estimate of drug-likeness (QED) is 0.538. The van der Waals surface area contributed by atoms with Gasteiger partial charge in [0.05, 0.1) is 24.0 Å². The van der Waals surface area contributed by atoms with Crippen LogP contribution in [0, 0.1) is 0 Å². The first-order valence-corrected chi connectivity index (χ1v) is 11.9. The van der Waals surface area contributed by atoms with Gasteiger partial charge in [0.2, 0.25) is 0 Å². The predicted octanol–water partition coefficient (Wildman–Crippen LogP) is 4.51. The van der Waals surface area contributed by atoms with Crippen LogP contribution in [0.15, 0.2) is 48.5 Å². The van der Waals surface area contributed by atoms with E-state index in [2.05, 4.69) is 11.8 Å². The van der Waals surface area contributed by atoms with Crippen molar-refractivity contribution in [3.05, 3.63) is 54.1 Å². The molecule has 1 aliphatic rings. The molecule has 1 saturated heterocycles. The number of ether oxygens (including phenoxy) is 1. The molecule has 2 N–H and O–H groups in total. The average Bonchev–Trinajstić information content (AvgIpc) is 2.85. The van der Waals surface area contributed by atoms with Crippen molar-refractivity contribution < 1.29 is 14.3 Å². The first kappa shape index (κ1) is 24.4. The van der Waals surface area contributed by atoms with Gasteiger partial charge < -0.3 is 20.3 Å². The minimum Gasteiger partial charge on any atom is -0.495 e. The second kappa shape index (κ2) is 12.1. The van der Waals surface area contributed by atoms with E-state index in [1.165, 1.54) is 12.8 Å². The molecule has 178 valence electrons. The number of carbonyl (C=O) groups is 2. The van der Waals surface area contributed by atoms with Gasteiger partial charge in [-0.05, 0) is 30.7 Å². The topological polar surface area (TPSA) is 79.1 Å². The summed E-state index contributed by atoms with van der Waals surface area (Å²) in [7, 11) is 1.67. The lowest BCUT2D eigenvalue weighted by Gasteiger charge is -2.37. The Morgan fingerprint density at radius 3 is 2.30 bits per heavy atom. The highest BCUT2D eigenvalue weighted by atomic mass is 16.5. The van der Waals surface area contributed by atoms with Gasteiger partial charge in [0.15, 0.2) is 0 Å². The van der Waals surface area contributed by atoms with Gasteiger partial charge in [0.1, 0.15) is 5.75 Å². The molecule has 0 atom stereocenters. The molecule has 2 aromatic rings. The zero-order valence-electron chi connectivity index (χ0n) is 19.8. The van der Waals surface area contributed by atoms with Crippen molar-refractivity contribution >= 4 is 23.3 Å². The summed E-state index contributed by atoms with van der Waals surface area (Å²) in [6.45, 7) is 5.31. The van der Waals surface area contributed by atoms with Gasteiger partial charge in [-0.3, -0.25) is 9.69 Å². The summed E-state index contributed by atoms with van der Waals surface area (Å²) in [6, 6.07) is 14.7. The molecule has 7 heteroatoms. The SMILES string of the molecule is CCCCCCCN(C(N)=O)c1ccccc1C(=O)N1CCN(c2ccccc2OC)CC1. The van der Waals surface area contributed by atoms with Gasteiger partial charge in [0, 0.05) is 32.7 Å². The number of para-hydroxylation sites is 3. The van der Waals surface area contributed by atoms with Crippen molar-refractivity contribution in [1.82, 2.24) is 4.90 Å². The zero-order chi connectivity index (χ0) is 23.6. The highest BCUT2D eigenvalue weighted by molar-refractivity contribution is 6.04. The van der Waals surface area contributed by atoms with Crippen molar-refractivity contribution in [3.63, 3.8) is 0 Å². The third kappa shape index (κ3) is 6.18. The molecule has 1 heterocycles. The monoisotopic (exact) mass is 452 g/mol. The van der Waals surface area contributed by atoms with Crippen molar-refractivity contribution in [2.45, 2.75) is 39.0 Å². The van der Waals surface area contributed by atoms with Crippen LogP contribution in [0.3, 0.4) is 0 Å². The molecule has 3 rings (SSSR count). The molecule has 3 amide bonds. The van der Waals surface area contributed by atoms with E-state index in [0.717, 1.165) is 30.7 Å². The van der Waals surface area contributed by atoms with Gasteiger partial charge in [0.25, 0.3) is 5.91 Å². The number of anilines is 2. The lowest BCUT2D eigenvalue weighted by Crippen LogP contribution is -2.49. The van der Waals surface area contributed by atoms with Crippen LogP contribution >= 0.6 is 0 Å². The van der Waals surface area contributed by atoms with E-state index in [0.29, 0.717) is 44.0 Å². The number of nitrogens with two attached hydrogens (primary N) is 1. The lowest BCUT2D eigenvalue weighted by atomic mass is 10.1. The molecule has 1 fully saturated rings. The Hall–Kier alpha value is -3.22. The average molecular weight is 453 g/mol. The molecule has 0 spiro atoms. The first-order chi connectivity index (χ1) is 16.1. The van der Waals surface area contributed by atoms with E-state index in [1.54, 1.807) is 18.1 Å². The second-order valence-electron chi connectivity index (χ2n) is 8.37. The van der Waals surface area contributed by atoms with Crippen LogP contribution in [0.1, 0.15) is 49.4 Å². The number of amides is 3. The van der Waals surface area contributed by atoms with Gasteiger partial charge in [-0.1, -0.05) is 56.9 Å². The third-order valence-corrected chi connectivity index (χ3v) is 6.17. The van der Waals surface area contributed by atoms with Crippen molar-refractivity contribution in [1.29, 1.82) is 0 Å². The molecule has 0 aliphatic carbocycles. The van der Waals surface area contributed by atoms with E-state index >= 15 is 0 Å². The number of urea groups is 1. The number of primary amides is 1. The smallest absolute Gasteiger partial charge is 0.319 e. The first-order valence-electron chi connectivity index (χ1n) is 11.9. The Morgan fingerprint density at radius 1 is 0.939 bits per heavy atom. The summed E-state index contributed by atoms with van der Waals surface area (Å²) in [5.74, 6) is 0.765. The minimum absolute atomic E-state index is 0.0671. The Bertz CT molecular complexity index is 925. The van der Waals surface area contributed by atoms with Crippen LogP contribution in [0.25, 0.3) is 0 Å². The fourth-order valence-corrected chi connectivity index (χ4v) is 4.32. The van der Waals surface area contributed by atoms with Crippen molar-refractivity contribution in [3.8, 4) is 5.75 Å². The number of carbonyl (C=O) groups excluding carboxylic acids is 2. The number of unbranched alkanes of at least 4 members (excludes halogenated alkanes) is 4. The molecule has 0 radical (unpaired) electrons. The Balaban J connectivity index is 1.69. The molecule has 0 saturated carbocycles. The highest BCUT2D eigenvalue weighted by Gasteiger charge is 2.27. The van der Waals surface area contributed by atoms with Crippen molar-refractivity contribution in [2.75, 3.05) is 49.6 Å². The molecular weight excluding hydrogens is 416 g/mol. The second-order valence-corrected chi connectivity index (χ2v) is 8.37. The Morgan fingerprint density at radius 2 is 1.61 bits per heavy atom. The summed E-state index contributed by atoms with van der Waals surface area (Å²) in [4.78, 5) is 31.3. The number of rotatable bonds is 10. The molecule has 0 unspecified atom stereocenters. The van der Waals surface area contributed by atoms with E-state index in [1.807, 2.05) is 47.4 Å². The molecule has 33 heavy (non-hydrogen) atoms. The number of nitrogens with zero attached hydrogens (tertiary/aromatic N) is 3. The van der Waals surface area contributed by atoms with Crippen LogP contribution in [0.2, 0.25) is 0 Å². The molecule has 0 aromatic heterocycles. The Labute approximate surface area is 197 Å². The van der Waals surface area contributed by atoms with E-state index in [4.69, 9.17) is 10.5 Å². The number of hydrogen-bond acceptors (Lipinski definition) is 4. The number of hydrogen-bond donors (Lipinski definition) is 1. The fraction of sp³-hybridized carbons (Fsp3) is 0.462. The summed E-state index contributed by atoms with van der Waals surface area (Å²) in [5.41, 5.74) is 7.87. The van der Waals surface area contributed by atoms with Gasteiger partial charge in [-0.2, -0.15) is 0 Å². The zero-order valence-corrected chi connectivity index (χ0v) is 19.8. The van der Waals surface area contributed by atoms with Crippen LogP contribution in [0.5, 0.6) is 5.75 Å². The van der Waals surface area contributed by atoms with Crippen LogP contribution in [-0.4, -0.2) is 56.7 Å². The van der Waals surface area contributed by atoms with Crippen LogP contribution in [-0.2, 0) is 0 Å². The third-order valence-electron chi connectivity index (χ3n) is 6.17. The maximum Gasteiger partial charge on any atom is 0.319 e. The van der Waals surface area contributed by atoms with Gasteiger partial charge in [-0.15, -0.1) is 0 Å². The van der Waals surface area contributed by atoms with Gasteiger partial charge in [-0.25, -0.2) is 4.79 Å². The fourth-order valence-electron chi connectivity index (χ4n) is 4.32.